The van der Waals surface area contributed by atoms with Gasteiger partial charge in [-0.2, -0.15) is 0 Å². The number of hydrogen-bond donors (Lipinski definition) is 1. The Labute approximate surface area is 247 Å². The van der Waals surface area contributed by atoms with Gasteiger partial charge in [0.25, 0.3) is 0 Å². The zero-order chi connectivity index (χ0) is 28.2. The molecule has 0 fully saturated rings. The highest BCUT2D eigenvalue weighted by molar-refractivity contribution is 6.13. The number of rotatable bonds is 5. The molecule has 202 valence electrons. The van der Waals surface area contributed by atoms with Crippen LogP contribution in [-0.2, 0) is 12.8 Å². The van der Waals surface area contributed by atoms with Crippen LogP contribution < -0.4 is 0 Å². The topological polar surface area (TPSA) is 15.8 Å². The van der Waals surface area contributed by atoms with Gasteiger partial charge in [-0.25, -0.2) is 0 Å². The van der Waals surface area contributed by atoms with E-state index in [0.717, 1.165) is 19.3 Å². The Bertz CT molecular complexity index is 2140. The molecule has 6 aromatic carbocycles. The van der Waals surface area contributed by atoms with Crippen LogP contribution in [0.4, 0.5) is 0 Å². The van der Waals surface area contributed by atoms with Gasteiger partial charge in [-0.1, -0.05) is 104 Å². The van der Waals surface area contributed by atoms with Crippen molar-refractivity contribution in [3.63, 3.8) is 0 Å². The van der Waals surface area contributed by atoms with Gasteiger partial charge >= 0.3 is 0 Å². The van der Waals surface area contributed by atoms with E-state index < -0.39 is 0 Å². The highest BCUT2D eigenvalue weighted by atomic mass is 14.7. The molecule has 8 rings (SSSR count). The Morgan fingerprint density at radius 2 is 1.26 bits per heavy atom. The number of para-hydroxylation sites is 1. The lowest BCUT2D eigenvalue weighted by atomic mass is 9.89. The lowest BCUT2D eigenvalue weighted by Crippen LogP contribution is -1.93. The van der Waals surface area contributed by atoms with Crippen molar-refractivity contribution in [3.8, 4) is 44.5 Å². The van der Waals surface area contributed by atoms with E-state index >= 15 is 0 Å². The van der Waals surface area contributed by atoms with Crippen molar-refractivity contribution in [2.45, 2.75) is 33.1 Å². The molecule has 0 atom stereocenters. The standard InChI is InChI=1S/C41H33N/c1-3-10-27-11-4-6-13-33(27)36-22-28(18-17-26(36)2)32-24-38(41-39(25-32)35-15-8-9-16-40(35)42-41)31-20-19-30-21-29-12-5-7-14-34(29)37(30)23-31/h4-9,11-20,22-25,42H,3,10,21H2,1-2H3. The van der Waals surface area contributed by atoms with E-state index in [1.54, 1.807) is 0 Å². The molecule has 0 amide bonds. The monoisotopic (exact) mass is 539 g/mol. The van der Waals surface area contributed by atoms with Crippen molar-refractivity contribution in [2.75, 3.05) is 0 Å². The van der Waals surface area contributed by atoms with Crippen LogP contribution >= 0.6 is 0 Å². The molecule has 0 radical (unpaired) electrons. The summed E-state index contributed by atoms with van der Waals surface area (Å²) in [7, 11) is 0. The summed E-state index contributed by atoms with van der Waals surface area (Å²) in [6.45, 7) is 4.49. The van der Waals surface area contributed by atoms with Crippen molar-refractivity contribution in [1.82, 2.24) is 4.98 Å². The fourth-order valence-corrected chi connectivity index (χ4v) is 7.00. The molecule has 0 aliphatic heterocycles. The first-order valence-electron chi connectivity index (χ1n) is 15.1. The molecule has 1 heterocycles. The lowest BCUT2D eigenvalue weighted by Gasteiger charge is -2.15. The maximum absolute atomic E-state index is 3.78. The first-order valence-corrected chi connectivity index (χ1v) is 15.1. The minimum absolute atomic E-state index is 1.01. The molecule has 1 aliphatic carbocycles. The summed E-state index contributed by atoms with van der Waals surface area (Å²) in [6, 6.07) is 45.3. The number of aromatic amines is 1. The van der Waals surface area contributed by atoms with Gasteiger partial charge in [0, 0.05) is 21.9 Å². The molecule has 0 spiro atoms. The summed E-state index contributed by atoms with van der Waals surface area (Å²) < 4.78 is 0. The molecule has 1 N–H and O–H groups in total. The average Bonchev–Trinajstić information content (AvgIpc) is 3.59. The number of benzene rings is 6. The second kappa shape index (κ2) is 9.89. The predicted molar refractivity (Wildman–Crippen MR) is 179 cm³/mol. The summed E-state index contributed by atoms with van der Waals surface area (Å²) in [5.74, 6) is 0. The molecule has 1 aromatic heterocycles. The maximum Gasteiger partial charge on any atom is 0.0544 e. The van der Waals surface area contributed by atoms with Gasteiger partial charge < -0.3 is 4.98 Å². The summed E-state index contributed by atoms with van der Waals surface area (Å²) in [5, 5.41) is 2.54. The van der Waals surface area contributed by atoms with E-state index in [1.807, 2.05) is 0 Å². The first kappa shape index (κ1) is 24.9. The minimum Gasteiger partial charge on any atom is -0.354 e. The number of nitrogens with one attached hydrogen (secondary N) is 1. The quantitative estimate of drug-likeness (QED) is 0.224. The van der Waals surface area contributed by atoms with Crippen molar-refractivity contribution in [3.05, 3.63) is 144 Å². The van der Waals surface area contributed by atoms with E-state index in [-0.39, 0.29) is 0 Å². The summed E-state index contributed by atoms with van der Waals surface area (Å²) in [5.41, 5.74) is 18.4. The van der Waals surface area contributed by atoms with Gasteiger partial charge in [-0.05, 0) is 111 Å². The second-order valence-corrected chi connectivity index (χ2v) is 11.8. The van der Waals surface area contributed by atoms with Crippen LogP contribution in [0, 0.1) is 6.92 Å². The van der Waals surface area contributed by atoms with Crippen LogP contribution in [0.15, 0.2) is 121 Å². The smallest absolute Gasteiger partial charge is 0.0544 e. The third kappa shape index (κ3) is 4.00. The maximum atomic E-state index is 3.78. The van der Waals surface area contributed by atoms with Crippen LogP contribution in [0.5, 0.6) is 0 Å². The van der Waals surface area contributed by atoms with Crippen LogP contribution in [-0.4, -0.2) is 4.98 Å². The molecule has 7 aromatic rings. The van der Waals surface area contributed by atoms with Gasteiger partial charge in [-0.3, -0.25) is 0 Å². The molecule has 0 unspecified atom stereocenters. The highest BCUT2D eigenvalue weighted by Gasteiger charge is 2.20. The normalized spacial score (nSPS) is 12.1. The number of hydrogen-bond acceptors (Lipinski definition) is 0. The SMILES string of the molecule is CCCc1ccccc1-c1cc(-c2cc(-c3ccc4c(c3)-c3ccccc3C4)c3[nH]c4ccccc4c3c2)ccc1C. The fraction of sp³-hybridized carbons (Fsp3) is 0.122. The third-order valence-electron chi connectivity index (χ3n) is 9.12. The largest absolute Gasteiger partial charge is 0.354 e. The molecular weight excluding hydrogens is 506 g/mol. The molecular formula is C41H33N. The van der Waals surface area contributed by atoms with Crippen LogP contribution in [0.2, 0.25) is 0 Å². The third-order valence-corrected chi connectivity index (χ3v) is 9.12. The number of aryl methyl sites for hydroxylation is 2. The molecule has 1 heteroatoms. The van der Waals surface area contributed by atoms with E-state index in [2.05, 4.69) is 140 Å². The molecule has 0 saturated heterocycles. The summed E-state index contributed by atoms with van der Waals surface area (Å²) >= 11 is 0. The Kier molecular flexibility index (Phi) is 5.86. The lowest BCUT2D eigenvalue weighted by molar-refractivity contribution is 0.923. The number of H-pyrrole nitrogens is 1. The molecule has 1 nitrogen and oxygen atoms in total. The van der Waals surface area contributed by atoms with Crippen molar-refractivity contribution < 1.29 is 0 Å². The fourth-order valence-electron chi connectivity index (χ4n) is 7.00. The Balaban J connectivity index is 1.35. The Morgan fingerprint density at radius 1 is 0.548 bits per heavy atom. The van der Waals surface area contributed by atoms with E-state index in [1.165, 1.54) is 88.6 Å². The summed E-state index contributed by atoms with van der Waals surface area (Å²) in [4.78, 5) is 3.78. The van der Waals surface area contributed by atoms with Crippen LogP contribution in [0.3, 0.4) is 0 Å². The highest BCUT2D eigenvalue weighted by Crippen LogP contribution is 2.43. The van der Waals surface area contributed by atoms with Crippen LogP contribution in [0.1, 0.15) is 35.6 Å². The molecule has 1 aliphatic rings. The zero-order valence-corrected chi connectivity index (χ0v) is 24.2. The first-order chi connectivity index (χ1) is 20.7. The Hall–Kier alpha value is -4.88. The average molecular weight is 540 g/mol. The van der Waals surface area contributed by atoms with Crippen molar-refractivity contribution in [1.29, 1.82) is 0 Å². The molecule has 0 bridgehead atoms. The van der Waals surface area contributed by atoms with Gasteiger partial charge in [0.1, 0.15) is 0 Å². The number of aromatic nitrogens is 1. The van der Waals surface area contributed by atoms with E-state index in [4.69, 9.17) is 0 Å². The summed E-state index contributed by atoms with van der Waals surface area (Å²) in [6.07, 6.45) is 3.24. The van der Waals surface area contributed by atoms with Crippen LogP contribution in [0.25, 0.3) is 66.3 Å². The van der Waals surface area contributed by atoms with Gasteiger partial charge in [-0.15, -0.1) is 0 Å². The van der Waals surface area contributed by atoms with Gasteiger partial charge in [0.15, 0.2) is 0 Å². The van der Waals surface area contributed by atoms with E-state index in [9.17, 15) is 0 Å². The zero-order valence-electron chi connectivity index (χ0n) is 24.2. The van der Waals surface area contributed by atoms with Crippen molar-refractivity contribution in [2.24, 2.45) is 0 Å². The van der Waals surface area contributed by atoms with Gasteiger partial charge in [0.05, 0.1) is 5.52 Å². The molecule has 42 heavy (non-hydrogen) atoms. The number of fused-ring (bicyclic) bond motifs is 6. The predicted octanol–water partition coefficient (Wildman–Crippen LogP) is 11.2. The molecule has 0 saturated carbocycles. The minimum atomic E-state index is 1.01. The van der Waals surface area contributed by atoms with Gasteiger partial charge in [0.2, 0.25) is 0 Å². The van der Waals surface area contributed by atoms with Crippen molar-refractivity contribution >= 4 is 21.8 Å². The Morgan fingerprint density at radius 3 is 2.17 bits per heavy atom. The second-order valence-electron chi connectivity index (χ2n) is 11.8. The van der Waals surface area contributed by atoms with E-state index in [0.29, 0.717) is 0 Å².